The van der Waals surface area contributed by atoms with E-state index in [4.69, 9.17) is 4.74 Å². The Balaban J connectivity index is 2.34. The van der Waals surface area contributed by atoms with Crippen LogP contribution in [0.3, 0.4) is 0 Å². The first kappa shape index (κ1) is 17.7. The van der Waals surface area contributed by atoms with Gasteiger partial charge in [-0.15, -0.1) is 0 Å². The lowest BCUT2D eigenvalue weighted by Crippen LogP contribution is -2.36. The minimum Gasteiger partial charge on any atom is -0.490 e. The number of rotatable bonds is 5. The Bertz CT molecular complexity index is 666. The lowest BCUT2D eigenvalue weighted by Gasteiger charge is -2.26. The van der Waals surface area contributed by atoms with Crippen LogP contribution in [0.1, 0.15) is 38.5 Å². The molecule has 23 heavy (non-hydrogen) atoms. The fourth-order valence-corrected chi connectivity index (χ4v) is 4.39. The van der Waals surface area contributed by atoms with Crippen LogP contribution in [-0.4, -0.2) is 37.8 Å². The Kier molecular flexibility index (Phi) is 5.59. The van der Waals surface area contributed by atoms with E-state index in [0.717, 1.165) is 44.6 Å². The molecule has 0 heterocycles. The van der Waals surface area contributed by atoms with Crippen LogP contribution in [0.5, 0.6) is 5.75 Å². The van der Waals surface area contributed by atoms with Crippen molar-refractivity contribution < 1.29 is 18.1 Å². The molecule has 0 radical (unpaired) electrons. The summed E-state index contributed by atoms with van der Waals surface area (Å²) in [6, 6.07) is 3.70. The molecule has 7 nitrogen and oxygen atoms in total. The minimum atomic E-state index is -3.76. The van der Waals surface area contributed by atoms with Gasteiger partial charge in [0.2, 0.25) is 10.0 Å². The first-order chi connectivity index (χ1) is 10.9. The van der Waals surface area contributed by atoms with E-state index in [1.807, 2.05) is 0 Å². The van der Waals surface area contributed by atoms with Crippen molar-refractivity contribution >= 4 is 15.7 Å². The molecule has 8 heteroatoms. The molecule has 1 aliphatic carbocycles. The number of hydrogen-bond acceptors (Lipinski definition) is 5. The van der Waals surface area contributed by atoms with Gasteiger partial charge in [0.05, 0.1) is 16.9 Å². The maximum atomic E-state index is 12.8. The van der Waals surface area contributed by atoms with Crippen LogP contribution >= 0.6 is 0 Å². The Morgan fingerprint density at radius 2 is 1.83 bits per heavy atom. The van der Waals surface area contributed by atoms with Crippen LogP contribution in [0.25, 0.3) is 0 Å². The molecular formula is C15H22N2O5S. The fourth-order valence-electron chi connectivity index (χ4n) is 2.96. The third kappa shape index (κ3) is 3.81. The third-order valence-corrected chi connectivity index (χ3v) is 6.27. The molecule has 0 amide bonds. The van der Waals surface area contributed by atoms with Crippen LogP contribution in [0.15, 0.2) is 23.1 Å². The summed E-state index contributed by atoms with van der Waals surface area (Å²) in [7, 11) is -0.892. The van der Waals surface area contributed by atoms with Crippen molar-refractivity contribution in [2.45, 2.75) is 49.5 Å². The molecule has 1 saturated carbocycles. The molecule has 0 spiro atoms. The molecule has 1 fully saturated rings. The van der Waals surface area contributed by atoms with Gasteiger partial charge in [-0.3, -0.25) is 10.1 Å². The summed E-state index contributed by atoms with van der Waals surface area (Å²) in [5, 5.41) is 11.1. The predicted molar refractivity (Wildman–Crippen MR) is 86.1 cm³/mol. The molecule has 1 aromatic carbocycles. The monoisotopic (exact) mass is 342 g/mol. The normalized spacial score (nSPS) is 17.0. The second-order valence-corrected chi connectivity index (χ2v) is 7.75. The smallest absolute Gasteiger partial charge is 0.312 e. The number of methoxy groups -OCH3 is 1. The van der Waals surface area contributed by atoms with Gasteiger partial charge in [0.15, 0.2) is 5.75 Å². The Morgan fingerprint density at radius 3 is 2.35 bits per heavy atom. The van der Waals surface area contributed by atoms with Gasteiger partial charge in [-0.1, -0.05) is 25.7 Å². The van der Waals surface area contributed by atoms with Crippen molar-refractivity contribution in [1.82, 2.24) is 4.31 Å². The van der Waals surface area contributed by atoms with E-state index in [1.54, 1.807) is 7.05 Å². The molecule has 0 atom stereocenters. The average Bonchev–Trinajstić information content (AvgIpc) is 2.82. The van der Waals surface area contributed by atoms with Gasteiger partial charge in [-0.05, 0) is 25.0 Å². The van der Waals surface area contributed by atoms with E-state index in [1.165, 1.54) is 23.5 Å². The van der Waals surface area contributed by atoms with E-state index >= 15 is 0 Å². The fraction of sp³-hybridized carbons (Fsp3) is 0.600. The highest BCUT2D eigenvalue weighted by Crippen LogP contribution is 2.32. The molecule has 0 unspecified atom stereocenters. The van der Waals surface area contributed by atoms with Gasteiger partial charge in [0.25, 0.3) is 0 Å². The molecule has 0 bridgehead atoms. The van der Waals surface area contributed by atoms with Crippen molar-refractivity contribution in [3.63, 3.8) is 0 Å². The first-order valence-electron chi connectivity index (χ1n) is 7.68. The molecule has 0 N–H and O–H groups in total. The van der Waals surface area contributed by atoms with Crippen LogP contribution < -0.4 is 4.74 Å². The highest BCUT2D eigenvalue weighted by Gasteiger charge is 2.30. The minimum absolute atomic E-state index is 0.0473. The van der Waals surface area contributed by atoms with E-state index in [0.29, 0.717) is 0 Å². The average molecular weight is 342 g/mol. The van der Waals surface area contributed by atoms with Gasteiger partial charge in [-0.2, -0.15) is 4.31 Å². The van der Waals surface area contributed by atoms with Gasteiger partial charge in [0.1, 0.15) is 0 Å². The van der Waals surface area contributed by atoms with Gasteiger partial charge in [0, 0.05) is 19.2 Å². The van der Waals surface area contributed by atoms with Gasteiger partial charge < -0.3 is 4.74 Å². The van der Waals surface area contributed by atoms with Crippen LogP contribution in [0, 0.1) is 10.1 Å². The topological polar surface area (TPSA) is 89.8 Å². The molecule has 2 rings (SSSR count). The van der Waals surface area contributed by atoms with Crippen molar-refractivity contribution in [3.8, 4) is 5.75 Å². The maximum absolute atomic E-state index is 12.8. The zero-order chi connectivity index (χ0) is 17.0. The lowest BCUT2D eigenvalue weighted by atomic mass is 10.1. The SMILES string of the molecule is COc1ccc(S(=O)(=O)N(C)C2CCCCCC2)cc1[N+](=O)[O-]. The number of sulfonamides is 1. The van der Waals surface area contributed by atoms with Crippen molar-refractivity contribution in [3.05, 3.63) is 28.3 Å². The number of nitro benzene ring substituents is 1. The Labute approximate surface area is 136 Å². The third-order valence-electron chi connectivity index (χ3n) is 4.36. The first-order valence-corrected chi connectivity index (χ1v) is 9.12. The van der Waals surface area contributed by atoms with E-state index < -0.39 is 14.9 Å². The Hall–Kier alpha value is -1.67. The Morgan fingerprint density at radius 1 is 1.22 bits per heavy atom. The van der Waals surface area contributed by atoms with Crippen molar-refractivity contribution in [2.75, 3.05) is 14.2 Å². The number of nitrogens with zero attached hydrogens (tertiary/aromatic N) is 2. The molecule has 1 aromatic rings. The largest absolute Gasteiger partial charge is 0.490 e. The summed E-state index contributed by atoms with van der Waals surface area (Å²) in [6.45, 7) is 0. The van der Waals surface area contributed by atoms with E-state index in [9.17, 15) is 18.5 Å². The molecule has 0 aromatic heterocycles. The van der Waals surface area contributed by atoms with Crippen LogP contribution in [0.4, 0.5) is 5.69 Å². The summed E-state index contributed by atoms with van der Waals surface area (Å²) < 4.78 is 31.8. The highest BCUT2D eigenvalue weighted by atomic mass is 32.2. The van der Waals surface area contributed by atoms with Crippen molar-refractivity contribution in [1.29, 1.82) is 0 Å². The summed E-state index contributed by atoms with van der Waals surface area (Å²) >= 11 is 0. The predicted octanol–water partition coefficient (Wildman–Crippen LogP) is 2.95. The van der Waals surface area contributed by atoms with Crippen LogP contribution in [-0.2, 0) is 10.0 Å². The summed E-state index contributed by atoms with van der Waals surface area (Å²) in [6.07, 6.45) is 5.92. The molecule has 128 valence electrons. The number of benzene rings is 1. The van der Waals surface area contributed by atoms with Crippen LogP contribution in [0.2, 0.25) is 0 Å². The zero-order valence-corrected chi connectivity index (χ0v) is 14.2. The van der Waals surface area contributed by atoms with E-state index in [-0.39, 0.29) is 22.4 Å². The van der Waals surface area contributed by atoms with E-state index in [2.05, 4.69) is 0 Å². The summed E-state index contributed by atoms with van der Waals surface area (Å²) in [5.74, 6) is 0.0473. The number of ether oxygens (including phenoxy) is 1. The number of hydrogen-bond donors (Lipinski definition) is 0. The second-order valence-electron chi connectivity index (χ2n) is 5.76. The lowest BCUT2D eigenvalue weighted by molar-refractivity contribution is -0.386. The zero-order valence-electron chi connectivity index (χ0n) is 13.4. The van der Waals surface area contributed by atoms with Crippen molar-refractivity contribution in [2.24, 2.45) is 0 Å². The molecule has 0 aliphatic heterocycles. The molecular weight excluding hydrogens is 320 g/mol. The summed E-state index contributed by atoms with van der Waals surface area (Å²) in [4.78, 5) is 10.4. The second kappa shape index (κ2) is 7.27. The highest BCUT2D eigenvalue weighted by molar-refractivity contribution is 7.89. The summed E-state index contributed by atoms with van der Waals surface area (Å²) in [5.41, 5.74) is -0.345. The van der Waals surface area contributed by atoms with Gasteiger partial charge >= 0.3 is 5.69 Å². The maximum Gasteiger partial charge on any atom is 0.312 e. The standard InChI is InChI=1S/C15H22N2O5S/c1-16(12-7-5-3-4-6-8-12)23(20,21)13-9-10-15(22-2)14(11-13)17(18)19/h9-12H,3-8H2,1-2H3. The quantitative estimate of drug-likeness (QED) is 0.466. The van der Waals surface area contributed by atoms with Gasteiger partial charge in [-0.25, -0.2) is 8.42 Å². The molecule has 1 aliphatic rings. The molecule has 0 saturated heterocycles. The number of nitro groups is 1.